The van der Waals surface area contributed by atoms with Crippen molar-refractivity contribution in [2.45, 2.75) is 50.2 Å². The summed E-state index contributed by atoms with van der Waals surface area (Å²) in [4.78, 5) is 14.6. The van der Waals surface area contributed by atoms with Crippen molar-refractivity contribution in [1.82, 2.24) is 4.90 Å². The van der Waals surface area contributed by atoms with Gasteiger partial charge in [0.25, 0.3) is 0 Å². The molecule has 0 bridgehead atoms. The second kappa shape index (κ2) is 6.25. The maximum absolute atomic E-state index is 12.6. The van der Waals surface area contributed by atoms with Crippen molar-refractivity contribution in [1.29, 1.82) is 0 Å². The quantitative estimate of drug-likeness (QED) is 0.861. The summed E-state index contributed by atoms with van der Waals surface area (Å²) in [5, 5.41) is 0. The van der Waals surface area contributed by atoms with Crippen LogP contribution in [0.25, 0.3) is 0 Å². The normalized spacial score (nSPS) is 27.6. The summed E-state index contributed by atoms with van der Waals surface area (Å²) >= 11 is 0. The molecule has 2 saturated heterocycles. The van der Waals surface area contributed by atoms with Crippen molar-refractivity contribution in [2.24, 2.45) is 0 Å². The molecule has 1 aliphatic carbocycles. The monoisotopic (exact) mass is 315 g/mol. The van der Waals surface area contributed by atoms with Gasteiger partial charge in [-0.2, -0.15) is 0 Å². The van der Waals surface area contributed by atoms with Crippen LogP contribution in [0.2, 0.25) is 0 Å². The molecule has 1 unspecified atom stereocenters. The molecule has 0 aromatic heterocycles. The predicted octanol–water partition coefficient (Wildman–Crippen LogP) is 2.65. The summed E-state index contributed by atoms with van der Waals surface area (Å²) in [5.41, 5.74) is 3.18. The molecule has 2 heterocycles. The Balaban J connectivity index is 1.42. The fraction of sp³-hybridized carbons (Fsp3) is 0.632. The van der Waals surface area contributed by atoms with Gasteiger partial charge < -0.3 is 14.4 Å². The van der Waals surface area contributed by atoms with Crippen molar-refractivity contribution in [2.75, 3.05) is 26.3 Å². The molecule has 1 amide bonds. The van der Waals surface area contributed by atoms with E-state index >= 15 is 0 Å². The molecule has 1 aromatic carbocycles. The molecular weight excluding hydrogens is 290 g/mol. The number of amides is 1. The molecule has 2 aliphatic heterocycles. The van der Waals surface area contributed by atoms with Crippen molar-refractivity contribution in [3.63, 3.8) is 0 Å². The minimum absolute atomic E-state index is 0.175. The van der Waals surface area contributed by atoms with Gasteiger partial charge >= 0.3 is 0 Å². The first-order valence-corrected chi connectivity index (χ1v) is 8.86. The maximum atomic E-state index is 12.6. The number of hydrogen-bond acceptors (Lipinski definition) is 3. The first kappa shape index (κ1) is 15.2. The molecule has 2 fully saturated rings. The van der Waals surface area contributed by atoms with Crippen LogP contribution >= 0.6 is 0 Å². The standard InChI is InChI=1S/C19H25NO3/c21-17(7-8-18-22-12-13-23-18)20-11-10-19(14-20)9-3-5-15-4-1-2-6-16(15)19/h1-2,4,6,18H,3,5,7-14H2. The lowest BCUT2D eigenvalue weighted by atomic mass is 9.69. The molecule has 4 rings (SSSR count). The molecule has 0 N–H and O–H groups in total. The number of nitrogens with zero attached hydrogens (tertiary/aromatic N) is 1. The molecule has 124 valence electrons. The topological polar surface area (TPSA) is 38.8 Å². The van der Waals surface area contributed by atoms with E-state index in [1.807, 2.05) is 0 Å². The lowest BCUT2D eigenvalue weighted by molar-refractivity contribution is -0.132. The second-order valence-electron chi connectivity index (χ2n) is 7.07. The van der Waals surface area contributed by atoms with Crippen LogP contribution in [-0.4, -0.2) is 43.4 Å². The van der Waals surface area contributed by atoms with Gasteiger partial charge in [-0.15, -0.1) is 0 Å². The number of benzene rings is 1. The molecular formula is C19H25NO3. The van der Waals surface area contributed by atoms with Crippen LogP contribution in [0.1, 0.15) is 43.2 Å². The van der Waals surface area contributed by atoms with E-state index in [4.69, 9.17) is 9.47 Å². The Morgan fingerprint density at radius 1 is 1.22 bits per heavy atom. The first-order valence-electron chi connectivity index (χ1n) is 8.86. The zero-order chi connectivity index (χ0) is 15.7. The highest BCUT2D eigenvalue weighted by atomic mass is 16.7. The Bertz CT molecular complexity index is 582. The number of aryl methyl sites for hydroxylation is 1. The highest BCUT2D eigenvalue weighted by Gasteiger charge is 2.43. The lowest BCUT2D eigenvalue weighted by Gasteiger charge is -2.35. The van der Waals surface area contributed by atoms with Gasteiger partial charge in [-0.05, 0) is 36.8 Å². The third-order valence-electron chi connectivity index (χ3n) is 5.68. The highest BCUT2D eigenvalue weighted by molar-refractivity contribution is 5.76. The molecule has 1 atom stereocenters. The molecule has 1 spiro atoms. The van der Waals surface area contributed by atoms with E-state index in [1.54, 1.807) is 0 Å². The van der Waals surface area contributed by atoms with E-state index < -0.39 is 0 Å². The molecule has 1 aromatic rings. The van der Waals surface area contributed by atoms with E-state index in [1.165, 1.54) is 30.4 Å². The number of carbonyl (C=O) groups is 1. The smallest absolute Gasteiger partial charge is 0.222 e. The molecule has 0 saturated carbocycles. The van der Waals surface area contributed by atoms with Gasteiger partial charge in [0.1, 0.15) is 0 Å². The van der Waals surface area contributed by atoms with Crippen molar-refractivity contribution >= 4 is 5.91 Å². The number of likely N-dealkylation sites (tertiary alicyclic amines) is 1. The second-order valence-corrected chi connectivity index (χ2v) is 7.07. The van der Waals surface area contributed by atoms with Crippen LogP contribution in [0.15, 0.2) is 24.3 Å². The number of rotatable bonds is 3. The number of carbonyl (C=O) groups excluding carboxylic acids is 1. The van der Waals surface area contributed by atoms with Crippen LogP contribution in [0.4, 0.5) is 0 Å². The van der Waals surface area contributed by atoms with E-state index in [-0.39, 0.29) is 17.6 Å². The highest BCUT2D eigenvalue weighted by Crippen LogP contribution is 2.44. The molecule has 23 heavy (non-hydrogen) atoms. The van der Waals surface area contributed by atoms with Gasteiger partial charge in [0.05, 0.1) is 13.2 Å². The Morgan fingerprint density at radius 3 is 2.91 bits per heavy atom. The zero-order valence-corrected chi connectivity index (χ0v) is 13.6. The molecule has 4 heteroatoms. The third-order valence-corrected chi connectivity index (χ3v) is 5.68. The van der Waals surface area contributed by atoms with Crippen LogP contribution in [0.5, 0.6) is 0 Å². The summed E-state index contributed by atoms with van der Waals surface area (Å²) in [7, 11) is 0. The van der Waals surface area contributed by atoms with E-state index in [0.29, 0.717) is 26.1 Å². The van der Waals surface area contributed by atoms with E-state index in [2.05, 4.69) is 29.2 Å². The Labute approximate surface area is 137 Å². The van der Waals surface area contributed by atoms with Gasteiger partial charge in [-0.3, -0.25) is 4.79 Å². The number of hydrogen-bond donors (Lipinski definition) is 0. The molecule has 3 aliphatic rings. The SMILES string of the molecule is O=C(CCC1OCCO1)N1CCC2(CCCc3ccccc32)C1. The maximum Gasteiger partial charge on any atom is 0.222 e. The van der Waals surface area contributed by atoms with E-state index in [9.17, 15) is 4.79 Å². The minimum atomic E-state index is -0.175. The van der Waals surface area contributed by atoms with Gasteiger partial charge in [0.2, 0.25) is 5.91 Å². The average molecular weight is 315 g/mol. The van der Waals surface area contributed by atoms with Gasteiger partial charge in [-0.1, -0.05) is 24.3 Å². The molecule has 0 radical (unpaired) electrons. The fourth-order valence-corrected chi connectivity index (χ4v) is 4.49. The lowest BCUT2D eigenvalue weighted by Crippen LogP contribution is -2.37. The summed E-state index contributed by atoms with van der Waals surface area (Å²) in [5.74, 6) is 0.254. The van der Waals surface area contributed by atoms with Gasteiger partial charge in [0.15, 0.2) is 6.29 Å². The van der Waals surface area contributed by atoms with E-state index in [0.717, 1.165) is 19.5 Å². The van der Waals surface area contributed by atoms with Crippen molar-refractivity contribution in [3.05, 3.63) is 35.4 Å². The minimum Gasteiger partial charge on any atom is -0.350 e. The Kier molecular flexibility index (Phi) is 4.12. The summed E-state index contributed by atoms with van der Waals surface area (Å²) < 4.78 is 10.9. The van der Waals surface area contributed by atoms with Gasteiger partial charge in [-0.25, -0.2) is 0 Å². The van der Waals surface area contributed by atoms with Crippen molar-refractivity contribution in [3.8, 4) is 0 Å². The van der Waals surface area contributed by atoms with Crippen molar-refractivity contribution < 1.29 is 14.3 Å². The zero-order valence-electron chi connectivity index (χ0n) is 13.6. The summed E-state index contributed by atoms with van der Waals surface area (Å²) in [6, 6.07) is 8.82. The van der Waals surface area contributed by atoms with Gasteiger partial charge in [0, 0.05) is 31.3 Å². The Morgan fingerprint density at radius 2 is 2.04 bits per heavy atom. The number of fused-ring (bicyclic) bond motifs is 2. The third kappa shape index (κ3) is 2.90. The number of ether oxygens (including phenoxy) is 2. The first-order chi connectivity index (χ1) is 11.3. The van der Waals surface area contributed by atoms with Crippen LogP contribution < -0.4 is 0 Å². The Hall–Kier alpha value is -1.39. The fourth-order valence-electron chi connectivity index (χ4n) is 4.49. The average Bonchev–Trinajstić information content (AvgIpc) is 3.24. The summed E-state index contributed by atoms with van der Waals surface area (Å²) in [6.07, 6.45) is 5.77. The summed E-state index contributed by atoms with van der Waals surface area (Å²) in [6.45, 7) is 3.08. The predicted molar refractivity (Wildman–Crippen MR) is 87.2 cm³/mol. The molecule has 4 nitrogen and oxygen atoms in total. The largest absolute Gasteiger partial charge is 0.350 e. The van der Waals surface area contributed by atoms with Crippen LogP contribution in [-0.2, 0) is 26.1 Å². The van der Waals surface area contributed by atoms with Crippen LogP contribution in [0.3, 0.4) is 0 Å². The van der Waals surface area contributed by atoms with Crippen LogP contribution in [0, 0.1) is 0 Å².